The van der Waals surface area contributed by atoms with Crippen molar-refractivity contribution in [2.45, 2.75) is 13.3 Å². The lowest BCUT2D eigenvalue weighted by molar-refractivity contribution is -0.114. The van der Waals surface area contributed by atoms with Crippen LogP contribution in [0.25, 0.3) is 0 Å². The number of nitrogens with zero attached hydrogens (tertiary/aromatic N) is 3. The maximum Gasteiger partial charge on any atom is 0.229 e. The summed E-state index contributed by atoms with van der Waals surface area (Å²) < 4.78 is 10.4. The fraction of sp³-hybridized carbons (Fsp3) is 0.182. The molecule has 0 unspecified atom stereocenters. The molecule has 0 spiro atoms. The Hall–Kier alpha value is -3.94. The van der Waals surface area contributed by atoms with Gasteiger partial charge in [0.1, 0.15) is 5.82 Å². The summed E-state index contributed by atoms with van der Waals surface area (Å²) in [6.45, 7) is 5.44. The summed E-state index contributed by atoms with van der Waals surface area (Å²) in [4.78, 5) is 24.9. The number of carbonyl (C=O) groups excluding carboxylic acids is 1. The highest BCUT2D eigenvalue weighted by atomic mass is 16.5. The van der Waals surface area contributed by atoms with Gasteiger partial charge < -0.3 is 20.1 Å². The SMILES string of the molecule is C=CC(=O)Cc1ccccc1Nc1nc(Nc2cc(OC)nc(OC)c2)ncc1C. The number of para-hydroxylation sites is 1. The molecule has 0 saturated heterocycles. The van der Waals surface area contributed by atoms with E-state index in [1.54, 1.807) is 18.3 Å². The number of ether oxygens (including phenoxy) is 2. The van der Waals surface area contributed by atoms with Gasteiger partial charge in [0.2, 0.25) is 17.7 Å². The summed E-state index contributed by atoms with van der Waals surface area (Å²) in [6, 6.07) is 11.0. The van der Waals surface area contributed by atoms with Crippen LogP contribution in [0.3, 0.4) is 0 Å². The summed E-state index contributed by atoms with van der Waals surface area (Å²) in [5.41, 5.74) is 3.19. The maximum absolute atomic E-state index is 11.8. The second-order valence-electron chi connectivity index (χ2n) is 6.42. The molecule has 2 N–H and O–H groups in total. The Bertz CT molecular complexity index is 1050. The molecule has 1 aromatic carbocycles. The average molecular weight is 405 g/mol. The van der Waals surface area contributed by atoms with E-state index in [4.69, 9.17) is 9.47 Å². The third-order valence-electron chi connectivity index (χ3n) is 4.29. The fourth-order valence-electron chi connectivity index (χ4n) is 2.70. The number of rotatable bonds is 9. The van der Waals surface area contributed by atoms with Gasteiger partial charge in [0.05, 0.1) is 19.9 Å². The summed E-state index contributed by atoms with van der Waals surface area (Å²) in [7, 11) is 3.06. The Kier molecular flexibility index (Phi) is 6.59. The summed E-state index contributed by atoms with van der Waals surface area (Å²) in [5.74, 6) is 1.77. The van der Waals surface area contributed by atoms with E-state index in [1.165, 1.54) is 20.3 Å². The maximum atomic E-state index is 11.8. The van der Waals surface area contributed by atoms with Crippen molar-refractivity contribution >= 4 is 28.9 Å². The second-order valence-corrected chi connectivity index (χ2v) is 6.42. The van der Waals surface area contributed by atoms with Gasteiger partial charge in [-0.2, -0.15) is 9.97 Å². The molecule has 8 nitrogen and oxygen atoms in total. The van der Waals surface area contributed by atoms with Gasteiger partial charge in [0.15, 0.2) is 5.78 Å². The molecule has 30 heavy (non-hydrogen) atoms. The van der Waals surface area contributed by atoms with Gasteiger partial charge in [-0.3, -0.25) is 4.79 Å². The normalized spacial score (nSPS) is 10.2. The van der Waals surface area contributed by atoms with Gasteiger partial charge >= 0.3 is 0 Å². The van der Waals surface area contributed by atoms with E-state index < -0.39 is 0 Å². The number of methoxy groups -OCH3 is 2. The Labute approximate surface area is 175 Å². The predicted molar refractivity (Wildman–Crippen MR) is 116 cm³/mol. The van der Waals surface area contributed by atoms with E-state index in [1.807, 2.05) is 31.2 Å². The van der Waals surface area contributed by atoms with Crippen LogP contribution in [0.5, 0.6) is 11.8 Å². The molecule has 0 fully saturated rings. The van der Waals surface area contributed by atoms with Crippen LogP contribution in [0.4, 0.5) is 23.1 Å². The number of pyridine rings is 1. The van der Waals surface area contributed by atoms with E-state index in [2.05, 4.69) is 32.2 Å². The lowest BCUT2D eigenvalue weighted by Crippen LogP contribution is -2.06. The molecule has 0 aliphatic heterocycles. The molecule has 3 rings (SSSR count). The second kappa shape index (κ2) is 9.51. The first-order valence-corrected chi connectivity index (χ1v) is 9.23. The number of aromatic nitrogens is 3. The number of hydrogen-bond donors (Lipinski definition) is 2. The summed E-state index contributed by atoms with van der Waals surface area (Å²) >= 11 is 0. The predicted octanol–water partition coefficient (Wildman–Crippen LogP) is 3.98. The van der Waals surface area contributed by atoms with Crippen LogP contribution in [0.2, 0.25) is 0 Å². The minimum absolute atomic E-state index is 0.0494. The zero-order valence-electron chi connectivity index (χ0n) is 17.1. The zero-order chi connectivity index (χ0) is 21.5. The smallest absolute Gasteiger partial charge is 0.229 e. The molecule has 154 valence electrons. The number of carbonyl (C=O) groups is 1. The number of aryl methyl sites for hydroxylation is 1. The molecule has 0 aliphatic rings. The lowest BCUT2D eigenvalue weighted by atomic mass is 10.1. The van der Waals surface area contributed by atoms with Gasteiger partial charge in [0, 0.05) is 36.0 Å². The van der Waals surface area contributed by atoms with E-state index in [0.717, 1.165) is 16.8 Å². The summed E-state index contributed by atoms with van der Waals surface area (Å²) in [5, 5.41) is 6.44. The van der Waals surface area contributed by atoms with Crippen molar-refractivity contribution in [1.82, 2.24) is 15.0 Å². The van der Waals surface area contributed by atoms with Gasteiger partial charge in [-0.25, -0.2) is 4.98 Å². The number of allylic oxidation sites excluding steroid dienone is 1. The van der Waals surface area contributed by atoms with Crippen molar-refractivity contribution < 1.29 is 14.3 Å². The number of hydrogen-bond acceptors (Lipinski definition) is 8. The van der Waals surface area contributed by atoms with Crippen molar-refractivity contribution in [3.8, 4) is 11.8 Å². The molecule has 0 aliphatic carbocycles. The summed E-state index contributed by atoms with van der Waals surface area (Å²) in [6.07, 6.45) is 3.30. The minimum atomic E-state index is -0.0494. The standard InChI is InChI=1S/C22H23N5O3/c1-5-17(28)10-15-8-6-7-9-18(15)25-21-14(2)13-23-22(27-21)24-16-11-19(29-3)26-20(12-16)30-4/h5-9,11-13H,1,10H2,2-4H3,(H2,23,24,25,26,27). The van der Waals surface area contributed by atoms with Crippen molar-refractivity contribution in [3.05, 3.63) is 66.4 Å². The van der Waals surface area contributed by atoms with Gasteiger partial charge in [0.25, 0.3) is 0 Å². The number of benzene rings is 1. The molecular weight excluding hydrogens is 382 g/mol. The van der Waals surface area contributed by atoms with Crippen LogP contribution in [-0.4, -0.2) is 35.0 Å². The van der Waals surface area contributed by atoms with E-state index in [0.29, 0.717) is 29.2 Å². The van der Waals surface area contributed by atoms with E-state index >= 15 is 0 Å². The Morgan fingerprint density at radius 1 is 1.10 bits per heavy atom. The molecule has 0 amide bonds. The Morgan fingerprint density at radius 3 is 2.47 bits per heavy atom. The third-order valence-corrected chi connectivity index (χ3v) is 4.29. The van der Waals surface area contributed by atoms with Crippen molar-refractivity contribution in [2.24, 2.45) is 0 Å². The van der Waals surface area contributed by atoms with Crippen LogP contribution in [-0.2, 0) is 11.2 Å². The van der Waals surface area contributed by atoms with Crippen LogP contribution in [0.1, 0.15) is 11.1 Å². The molecule has 2 aromatic heterocycles. The van der Waals surface area contributed by atoms with Gasteiger partial charge in [-0.1, -0.05) is 24.8 Å². The number of nitrogens with one attached hydrogen (secondary N) is 2. The Morgan fingerprint density at radius 2 is 1.80 bits per heavy atom. The monoisotopic (exact) mass is 405 g/mol. The fourth-order valence-corrected chi connectivity index (χ4v) is 2.70. The number of ketones is 1. The quantitative estimate of drug-likeness (QED) is 0.516. The number of anilines is 4. The molecule has 0 radical (unpaired) electrons. The molecule has 0 atom stereocenters. The Balaban J connectivity index is 1.87. The van der Waals surface area contributed by atoms with Crippen molar-refractivity contribution in [3.63, 3.8) is 0 Å². The molecule has 8 heteroatoms. The van der Waals surface area contributed by atoms with Crippen LogP contribution >= 0.6 is 0 Å². The van der Waals surface area contributed by atoms with Gasteiger partial charge in [-0.15, -0.1) is 0 Å². The molecule has 0 saturated carbocycles. The largest absolute Gasteiger partial charge is 0.481 e. The highest BCUT2D eigenvalue weighted by Crippen LogP contribution is 2.26. The first-order valence-electron chi connectivity index (χ1n) is 9.23. The van der Waals surface area contributed by atoms with Crippen LogP contribution < -0.4 is 20.1 Å². The van der Waals surface area contributed by atoms with E-state index in [-0.39, 0.29) is 12.2 Å². The highest BCUT2D eigenvalue weighted by molar-refractivity contribution is 5.92. The highest BCUT2D eigenvalue weighted by Gasteiger charge is 2.11. The van der Waals surface area contributed by atoms with Crippen LogP contribution in [0.15, 0.2) is 55.3 Å². The lowest BCUT2D eigenvalue weighted by Gasteiger charge is -2.14. The van der Waals surface area contributed by atoms with Gasteiger partial charge in [-0.05, 0) is 24.6 Å². The minimum Gasteiger partial charge on any atom is -0.481 e. The average Bonchev–Trinajstić information content (AvgIpc) is 2.76. The first-order chi connectivity index (χ1) is 14.5. The van der Waals surface area contributed by atoms with Crippen LogP contribution in [0, 0.1) is 6.92 Å². The molecule has 2 heterocycles. The molecule has 3 aromatic rings. The first kappa shape index (κ1) is 20.8. The molecular formula is C22H23N5O3. The van der Waals surface area contributed by atoms with Crippen molar-refractivity contribution in [2.75, 3.05) is 24.9 Å². The third kappa shape index (κ3) is 5.11. The van der Waals surface area contributed by atoms with Crippen molar-refractivity contribution in [1.29, 1.82) is 0 Å². The van der Waals surface area contributed by atoms with E-state index in [9.17, 15) is 4.79 Å². The molecule has 0 bridgehead atoms. The zero-order valence-corrected chi connectivity index (χ0v) is 17.1. The topological polar surface area (TPSA) is 98.3 Å².